The monoisotopic (exact) mass is 1110 g/mol. The van der Waals surface area contributed by atoms with Gasteiger partial charge >= 0.3 is 6.16 Å². The Kier molecular flexibility index (Phi) is 32.3. The van der Waals surface area contributed by atoms with E-state index in [4.69, 9.17) is 27.8 Å². The second kappa shape index (κ2) is 37.6. The first kappa shape index (κ1) is 67.0. The van der Waals surface area contributed by atoms with E-state index in [-0.39, 0.29) is 55.3 Å². The van der Waals surface area contributed by atoms with Gasteiger partial charge in [0.1, 0.15) is 12.7 Å². The van der Waals surface area contributed by atoms with Crippen molar-refractivity contribution in [2.24, 2.45) is 10.2 Å². The standard InChI is InChI=1S/C33H49N3O5Si.C29H45N3O3Si/c1-6-8-9-10-13-18-29(41-32(37)39-24-7-2)23-25-38-26-28(35-36-34)27-40-42(33(3,4)5,30-19-14-11-15-20-30)31-21-16-12-17-22-31;1-5-6-7-8-11-16-26(33)21-22-34-23-25(31-32-30)24-35-36(29(2,3)4,27-17-12-9-13-18-27)28-19-14-10-15-20-28/h7,11-12,14-17,19-22,28-29H,2,6,8-10,13,18,23-27H2,1,3-5H3;9-10,12-15,17-20,25-26,33H,5-8,11,16,21-24H2,1-4H3/t28?,29-;25?,26-/m11/s1. The number of unbranched alkanes of at least 4 members (excludes halogenated alkanes) is 8. The highest BCUT2D eigenvalue weighted by Gasteiger charge is 2.51. The maximum absolute atomic E-state index is 12.1. The first-order valence-corrected chi connectivity index (χ1v) is 32.3. The lowest BCUT2D eigenvalue weighted by atomic mass is 10.1. The lowest BCUT2D eigenvalue weighted by Gasteiger charge is -2.43. The predicted octanol–water partition coefficient (Wildman–Crippen LogP) is 14.1. The summed E-state index contributed by atoms with van der Waals surface area (Å²) in [5, 5.41) is 22.6. The molecule has 0 aliphatic rings. The number of hydrogen-bond acceptors (Lipinski definition) is 10. The summed E-state index contributed by atoms with van der Waals surface area (Å²) in [4.78, 5) is 18.2. The maximum Gasteiger partial charge on any atom is 0.508 e. The fraction of sp³-hybridized carbons (Fsp3) is 0.565. The van der Waals surface area contributed by atoms with Crippen LogP contribution in [-0.2, 0) is 27.8 Å². The number of carbonyl (C=O) groups is 1. The van der Waals surface area contributed by atoms with Gasteiger partial charge in [0, 0.05) is 36.1 Å². The molecule has 14 nitrogen and oxygen atoms in total. The highest BCUT2D eigenvalue weighted by Crippen LogP contribution is 2.38. The third kappa shape index (κ3) is 22.8. The van der Waals surface area contributed by atoms with Crippen LogP contribution in [0.25, 0.3) is 20.9 Å². The van der Waals surface area contributed by atoms with Gasteiger partial charge in [-0.15, -0.1) is 0 Å². The van der Waals surface area contributed by atoms with E-state index in [2.05, 4.69) is 155 Å². The van der Waals surface area contributed by atoms with Crippen molar-refractivity contribution in [2.45, 2.75) is 180 Å². The van der Waals surface area contributed by atoms with Crippen LogP contribution in [0.2, 0.25) is 10.1 Å². The van der Waals surface area contributed by atoms with Gasteiger partial charge in [-0.25, -0.2) is 4.79 Å². The zero-order valence-electron chi connectivity index (χ0n) is 48.5. The number of aliphatic hydroxyl groups is 1. The highest BCUT2D eigenvalue weighted by molar-refractivity contribution is 7.00. The van der Waals surface area contributed by atoms with E-state index in [1.807, 2.05) is 48.5 Å². The van der Waals surface area contributed by atoms with E-state index in [1.54, 1.807) is 0 Å². The van der Waals surface area contributed by atoms with E-state index >= 15 is 0 Å². The Morgan fingerprint density at radius 1 is 0.564 bits per heavy atom. The number of azide groups is 2. The molecule has 0 bridgehead atoms. The van der Waals surface area contributed by atoms with Crippen molar-refractivity contribution >= 4 is 43.5 Å². The van der Waals surface area contributed by atoms with E-state index in [9.17, 15) is 21.0 Å². The molecule has 4 atom stereocenters. The summed E-state index contributed by atoms with van der Waals surface area (Å²) in [5.74, 6) is 0. The van der Waals surface area contributed by atoms with Crippen molar-refractivity contribution in [2.75, 3.05) is 46.2 Å². The zero-order valence-corrected chi connectivity index (χ0v) is 50.5. The smallest absolute Gasteiger partial charge is 0.431 e. The van der Waals surface area contributed by atoms with Crippen molar-refractivity contribution in [3.63, 3.8) is 0 Å². The number of ether oxygens (including phenoxy) is 4. The summed E-state index contributed by atoms with van der Waals surface area (Å²) in [6, 6.07) is 40.6. The lowest BCUT2D eigenvalue weighted by molar-refractivity contribution is 0.00754. The molecule has 0 spiro atoms. The number of rotatable bonds is 37. The number of aliphatic hydroxyl groups excluding tert-OH is 1. The van der Waals surface area contributed by atoms with Crippen LogP contribution < -0.4 is 20.7 Å². The molecule has 78 heavy (non-hydrogen) atoms. The minimum atomic E-state index is -2.78. The fourth-order valence-corrected chi connectivity index (χ4v) is 19.1. The van der Waals surface area contributed by atoms with E-state index in [1.165, 1.54) is 61.4 Å². The van der Waals surface area contributed by atoms with Gasteiger partial charge in [0.25, 0.3) is 16.6 Å². The van der Waals surface area contributed by atoms with Crippen molar-refractivity contribution < 1.29 is 37.7 Å². The molecule has 0 fully saturated rings. The van der Waals surface area contributed by atoms with Crippen LogP contribution in [0.5, 0.6) is 0 Å². The molecule has 4 aromatic carbocycles. The van der Waals surface area contributed by atoms with Gasteiger partial charge in [-0.1, -0.05) is 257 Å². The Morgan fingerprint density at radius 2 is 0.936 bits per heavy atom. The van der Waals surface area contributed by atoms with E-state index in [0.717, 1.165) is 42.5 Å². The van der Waals surface area contributed by atoms with Crippen LogP contribution in [0.1, 0.15) is 145 Å². The normalized spacial score (nSPS) is 13.3. The predicted molar refractivity (Wildman–Crippen MR) is 323 cm³/mol. The molecule has 4 aromatic rings. The van der Waals surface area contributed by atoms with Gasteiger partial charge in [-0.2, -0.15) is 0 Å². The molecule has 0 saturated heterocycles. The summed E-state index contributed by atoms with van der Waals surface area (Å²) in [5.41, 5.74) is 18.5. The number of benzene rings is 4. The Morgan fingerprint density at radius 3 is 1.29 bits per heavy atom. The summed E-state index contributed by atoms with van der Waals surface area (Å²) in [6.45, 7) is 23.1. The fourth-order valence-electron chi connectivity index (χ4n) is 9.88. The number of nitrogens with zero attached hydrogens (tertiary/aromatic N) is 6. The molecule has 0 heterocycles. The molecule has 0 radical (unpaired) electrons. The third-order valence-electron chi connectivity index (χ3n) is 13.9. The first-order valence-electron chi connectivity index (χ1n) is 28.5. The average molecular weight is 1110 g/mol. The molecule has 0 aromatic heterocycles. The molecular formula is C62H94N6O8Si2. The molecule has 2 unspecified atom stereocenters. The van der Waals surface area contributed by atoms with Gasteiger partial charge in [-0.05, 0) is 67.6 Å². The van der Waals surface area contributed by atoms with Crippen LogP contribution in [0, 0.1) is 0 Å². The van der Waals surface area contributed by atoms with Crippen molar-refractivity contribution in [1.29, 1.82) is 0 Å². The SMILES string of the molecule is C=CCOC(=O)O[C@H](CCCCCCC)CCOCC(CO[Si](c1ccccc1)(c1ccccc1)C(C)(C)C)N=[N+]=[N-].CCCCCCC[C@@H](O)CCOCC(CO[Si](c1ccccc1)(c1ccccc1)C(C)(C)C)N=[N+]=[N-]. The third-order valence-corrected chi connectivity index (χ3v) is 23.9. The van der Waals surface area contributed by atoms with Crippen molar-refractivity contribution in [3.05, 3.63) is 155 Å². The molecular weight excluding hydrogens is 1010 g/mol. The minimum absolute atomic E-state index is 0.109. The van der Waals surface area contributed by atoms with Crippen molar-refractivity contribution in [1.82, 2.24) is 0 Å². The van der Waals surface area contributed by atoms with Gasteiger partial charge in [-0.3, -0.25) is 0 Å². The van der Waals surface area contributed by atoms with E-state index in [0.29, 0.717) is 26.1 Å². The molecule has 428 valence electrons. The maximum atomic E-state index is 12.1. The topological polar surface area (TPSA) is 190 Å². The molecule has 0 saturated carbocycles. The van der Waals surface area contributed by atoms with Crippen LogP contribution in [0.4, 0.5) is 4.79 Å². The summed E-state index contributed by atoms with van der Waals surface area (Å²) in [6.07, 6.45) is 14.4. The molecule has 4 rings (SSSR count). The molecule has 16 heteroatoms. The lowest BCUT2D eigenvalue weighted by Crippen LogP contribution is -2.67. The highest BCUT2D eigenvalue weighted by atomic mass is 28.4. The number of hydrogen-bond donors (Lipinski definition) is 1. The Labute approximate surface area is 470 Å². The molecule has 0 amide bonds. The van der Waals surface area contributed by atoms with Crippen LogP contribution >= 0.6 is 0 Å². The Bertz CT molecular complexity index is 2230. The number of carbonyl (C=O) groups excluding carboxylic acids is 1. The quantitative estimate of drug-likeness (QED) is 0.00877. The van der Waals surface area contributed by atoms with Gasteiger partial charge in [0.15, 0.2) is 0 Å². The van der Waals surface area contributed by atoms with Gasteiger partial charge in [0.05, 0.1) is 38.0 Å². The first-order chi connectivity index (χ1) is 37.6. The molecule has 0 aliphatic carbocycles. The Balaban J connectivity index is 0.000000415. The van der Waals surface area contributed by atoms with Crippen LogP contribution in [0.15, 0.2) is 144 Å². The second-order valence-corrected chi connectivity index (χ2v) is 30.7. The second-order valence-electron chi connectivity index (χ2n) is 22.0. The Hall–Kier alpha value is -5.26. The van der Waals surface area contributed by atoms with Crippen LogP contribution in [-0.4, -0.2) is 98.4 Å². The van der Waals surface area contributed by atoms with Crippen LogP contribution in [0.3, 0.4) is 0 Å². The van der Waals surface area contributed by atoms with Crippen molar-refractivity contribution in [3.8, 4) is 0 Å². The van der Waals surface area contributed by atoms with Gasteiger partial charge < -0.3 is 32.9 Å². The largest absolute Gasteiger partial charge is 0.508 e. The summed E-state index contributed by atoms with van der Waals surface area (Å²) < 4.78 is 36.2. The van der Waals surface area contributed by atoms with Gasteiger partial charge in [0.2, 0.25) is 0 Å². The molecule has 0 aliphatic heterocycles. The average Bonchev–Trinajstić information content (AvgIpc) is 3.53. The zero-order chi connectivity index (χ0) is 57.0. The summed E-state index contributed by atoms with van der Waals surface area (Å²) in [7, 11) is -5.49. The summed E-state index contributed by atoms with van der Waals surface area (Å²) >= 11 is 0. The minimum Gasteiger partial charge on any atom is -0.431 e. The molecule has 1 N–H and O–H groups in total. The van der Waals surface area contributed by atoms with E-state index < -0.39 is 34.9 Å².